The lowest BCUT2D eigenvalue weighted by atomic mass is 9.87. The van der Waals surface area contributed by atoms with Gasteiger partial charge in [0.2, 0.25) is 0 Å². The van der Waals surface area contributed by atoms with Crippen LogP contribution in [0.4, 0.5) is 0 Å². The molecule has 2 atom stereocenters. The first-order chi connectivity index (χ1) is 8.27. The average molecular weight is 269 g/mol. The summed E-state index contributed by atoms with van der Waals surface area (Å²) < 4.78 is 12.0. The van der Waals surface area contributed by atoms with E-state index in [2.05, 4.69) is 20.8 Å². The number of carbonyl (C=O) groups is 1. The van der Waals surface area contributed by atoms with Gasteiger partial charge in [-0.05, 0) is 23.1 Å². The van der Waals surface area contributed by atoms with Crippen LogP contribution < -0.4 is 5.73 Å². The summed E-state index contributed by atoms with van der Waals surface area (Å²) in [4.78, 5) is 11.4. The molecule has 3 N–H and O–H groups in total. The number of rotatable bonds is 4. The molecule has 0 amide bonds. The van der Waals surface area contributed by atoms with E-state index in [9.17, 15) is 9.00 Å². The Bertz CT molecular complexity index is 448. The highest BCUT2D eigenvalue weighted by Gasteiger charge is 2.24. The lowest BCUT2D eigenvalue weighted by molar-refractivity contribution is -0.136. The number of hydrogen-bond donors (Lipinski definition) is 2. The summed E-state index contributed by atoms with van der Waals surface area (Å²) in [5.74, 6) is -1.13. The molecule has 1 rings (SSSR count). The van der Waals surface area contributed by atoms with Gasteiger partial charge in [0.05, 0.1) is 10.8 Å². The summed E-state index contributed by atoms with van der Waals surface area (Å²) in [6, 6.07) is 7.18. The Morgan fingerprint density at radius 2 is 1.83 bits per heavy atom. The predicted molar refractivity (Wildman–Crippen MR) is 72.0 cm³/mol. The molecule has 18 heavy (non-hydrogen) atoms. The van der Waals surface area contributed by atoms with Crippen molar-refractivity contribution in [3.8, 4) is 0 Å². The Balaban J connectivity index is 2.99. The fraction of sp³-hybridized carbons (Fsp3) is 0.462. The molecule has 5 heteroatoms. The van der Waals surface area contributed by atoms with E-state index >= 15 is 0 Å². The van der Waals surface area contributed by atoms with Gasteiger partial charge < -0.3 is 10.8 Å². The Labute approximate surface area is 110 Å². The minimum absolute atomic E-state index is 0.0140. The van der Waals surface area contributed by atoms with Crippen LogP contribution in [0.5, 0.6) is 0 Å². The van der Waals surface area contributed by atoms with Crippen molar-refractivity contribution < 1.29 is 14.1 Å². The molecule has 0 saturated carbocycles. The van der Waals surface area contributed by atoms with Crippen molar-refractivity contribution in [2.75, 3.05) is 6.54 Å². The van der Waals surface area contributed by atoms with E-state index in [0.29, 0.717) is 4.90 Å². The molecule has 0 aliphatic heterocycles. The molecule has 0 heterocycles. The first kappa shape index (κ1) is 14.9. The zero-order valence-electron chi connectivity index (χ0n) is 10.8. The van der Waals surface area contributed by atoms with Gasteiger partial charge in [-0.25, -0.2) is 0 Å². The van der Waals surface area contributed by atoms with E-state index in [0.717, 1.165) is 5.56 Å². The Hall–Kier alpha value is -1.20. The number of carboxylic acid groups (broad SMARTS) is 1. The molecule has 1 aromatic rings. The van der Waals surface area contributed by atoms with Gasteiger partial charge in [0.25, 0.3) is 0 Å². The third kappa shape index (κ3) is 3.40. The van der Waals surface area contributed by atoms with Gasteiger partial charge in [0, 0.05) is 11.4 Å². The van der Waals surface area contributed by atoms with Crippen molar-refractivity contribution in [3.63, 3.8) is 0 Å². The smallest absolute Gasteiger partial charge is 0.320 e. The number of nitrogens with two attached hydrogens (primary N) is 1. The molecule has 0 spiro atoms. The summed E-state index contributed by atoms with van der Waals surface area (Å²) in [5, 5.41) is 7.87. The molecule has 0 bridgehead atoms. The molecule has 4 nitrogen and oxygen atoms in total. The third-order valence-corrected chi connectivity index (χ3v) is 4.35. The largest absolute Gasteiger partial charge is 0.480 e. The van der Waals surface area contributed by atoms with Crippen molar-refractivity contribution in [2.45, 2.75) is 36.3 Å². The standard InChI is InChI=1S/C13H19NO3S/c1-13(2,3)9-4-6-10(7-5-9)18(17)11(8-14)12(15)16/h4-7,11H,8,14H2,1-3H3,(H,15,16). The molecule has 0 radical (unpaired) electrons. The van der Waals surface area contributed by atoms with E-state index in [-0.39, 0.29) is 12.0 Å². The Morgan fingerprint density at radius 3 is 2.17 bits per heavy atom. The van der Waals surface area contributed by atoms with Gasteiger partial charge in [0.1, 0.15) is 5.25 Å². The summed E-state index contributed by atoms with van der Waals surface area (Å²) >= 11 is 0. The lowest BCUT2D eigenvalue weighted by Crippen LogP contribution is -2.33. The summed E-state index contributed by atoms with van der Waals surface area (Å²) in [6.45, 7) is 6.11. The molecule has 100 valence electrons. The van der Waals surface area contributed by atoms with E-state index in [1.807, 2.05) is 12.1 Å². The van der Waals surface area contributed by atoms with Crippen LogP contribution in [0.3, 0.4) is 0 Å². The first-order valence-corrected chi connectivity index (χ1v) is 6.92. The summed E-state index contributed by atoms with van der Waals surface area (Å²) in [7, 11) is -1.61. The van der Waals surface area contributed by atoms with Crippen LogP contribution in [0.25, 0.3) is 0 Å². The Kier molecular flexibility index (Phi) is 4.65. The van der Waals surface area contributed by atoms with Gasteiger partial charge in [-0.2, -0.15) is 0 Å². The van der Waals surface area contributed by atoms with Crippen molar-refractivity contribution in [3.05, 3.63) is 29.8 Å². The minimum atomic E-state index is -1.61. The quantitative estimate of drug-likeness (QED) is 0.868. The zero-order chi connectivity index (χ0) is 13.9. The maximum absolute atomic E-state index is 12.0. The van der Waals surface area contributed by atoms with Crippen LogP contribution in [0.1, 0.15) is 26.3 Å². The fourth-order valence-corrected chi connectivity index (χ4v) is 2.62. The van der Waals surface area contributed by atoms with Crippen molar-refractivity contribution in [1.82, 2.24) is 0 Å². The van der Waals surface area contributed by atoms with Crippen LogP contribution in [0.15, 0.2) is 29.2 Å². The maximum atomic E-state index is 12.0. The molecule has 0 fully saturated rings. The number of hydrogen-bond acceptors (Lipinski definition) is 3. The second kappa shape index (κ2) is 5.63. The summed E-state index contributed by atoms with van der Waals surface area (Å²) in [6.07, 6.45) is 0. The zero-order valence-corrected chi connectivity index (χ0v) is 11.7. The second-order valence-corrected chi connectivity index (χ2v) is 6.77. The van der Waals surface area contributed by atoms with Crippen LogP contribution in [0.2, 0.25) is 0 Å². The van der Waals surface area contributed by atoms with Crippen molar-refractivity contribution in [1.29, 1.82) is 0 Å². The normalized spacial score (nSPS) is 15.1. The highest BCUT2D eigenvalue weighted by atomic mass is 32.2. The van der Waals surface area contributed by atoms with Crippen LogP contribution in [0, 0.1) is 0 Å². The Morgan fingerprint density at radius 1 is 1.33 bits per heavy atom. The molecule has 0 aromatic heterocycles. The van der Waals surface area contributed by atoms with Crippen molar-refractivity contribution in [2.24, 2.45) is 5.73 Å². The molecular formula is C13H19NO3S. The molecular weight excluding hydrogens is 250 g/mol. The molecule has 0 aliphatic carbocycles. The van der Waals surface area contributed by atoms with Gasteiger partial charge in [-0.3, -0.25) is 9.00 Å². The van der Waals surface area contributed by atoms with E-state index < -0.39 is 22.0 Å². The average Bonchev–Trinajstić information content (AvgIpc) is 2.28. The van der Waals surface area contributed by atoms with Gasteiger partial charge >= 0.3 is 5.97 Å². The van der Waals surface area contributed by atoms with E-state index in [4.69, 9.17) is 10.8 Å². The van der Waals surface area contributed by atoms with E-state index in [1.165, 1.54) is 0 Å². The number of carboxylic acids is 1. The molecule has 1 aromatic carbocycles. The minimum Gasteiger partial charge on any atom is -0.480 e. The highest BCUT2D eigenvalue weighted by Crippen LogP contribution is 2.23. The van der Waals surface area contributed by atoms with Crippen LogP contribution in [-0.2, 0) is 21.0 Å². The van der Waals surface area contributed by atoms with Crippen LogP contribution in [-0.4, -0.2) is 27.1 Å². The van der Waals surface area contributed by atoms with Gasteiger partial charge in [0.15, 0.2) is 0 Å². The molecule has 0 aliphatic rings. The van der Waals surface area contributed by atoms with Gasteiger partial charge in [-0.1, -0.05) is 32.9 Å². The molecule has 2 unspecified atom stereocenters. The predicted octanol–water partition coefficient (Wildman–Crippen LogP) is 1.50. The third-order valence-electron chi connectivity index (χ3n) is 2.70. The van der Waals surface area contributed by atoms with Crippen LogP contribution >= 0.6 is 0 Å². The van der Waals surface area contributed by atoms with Crippen molar-refractivity contribution >= 4 is 16.8 Å². The topological polar surface area (TPSA) is 80.4 Å². The fourth-order valence-electron chi connectivity index (χ4n) is 1.53. The summed E-state index contributed by atoms with van der Waals surface area (Å²) in [5.41, 5.74) is 6.46. The molecule has 0 saturated heterocycles. The lowest BCUT2D eigenvalue weighted by Gasteiger charge is -2.19. The maximum Gasteiger partial charge on any atom is 0.320 e. The number of aliphatic carboxylic acids is 1. The second-order valence-electron chi connectivity index (χ2n) is 5.13. The first-order valence-electron chi connectivity index (χ1n) is 5.71. The van der Waals surface area contributed by atoms with Gasteiger partial charge in [-0.15, -0.1) is 0 Å². The number of benzene rings is 1. The highest BCUT2D eigenvalue weighted by molar-refractivity contribution is 7.86. The van der Waals surface area contributed by atoms with E-state index in [1.54, 1.807) is 12.1 Å². The monoisotopic (exact) mass is 269 g/mol. The SMILES string of the molecule is CC(C)(C)c1ccc(S(=O)C(CN)C(=O)O)cc1.